The largest absolute Gasteiger partial charge is 0.497 e. The summed E-state index contributed by atoms with van der Waals surface area (Å²) in [5.41, 5.74) is 7.55. The highest BCUT2D eigenvalue weighted by atomic mass is 16.5. The van der Waals surface area contributed by atoms with Gasteiger partial charge in [0.15, 0.2) is 0 Å². The van der Waals surface area contributed by atoms with Crippen LogP contribution >= 0.6 is 0 Å². The molecule has 1 saturated heterocycles. The molecule has 2 rings (SSSR count). The predicted octanol–water partition coefficient (Wildman–Crippen LogP) is 2.58. The highest BCUT2D eigenvalue weighted by Crippen LogP contribution is 2.22. The van der Waals surface area contributed by atoms with Crippen molar-refractivity contribution in [2.24, 2.45) is 5.73 Å². The molecule has 1 aromatic rings. The third-order valence-corrected chi connectivity index (χ3v) is 4.48. The zero-order valence-corrected chi connectivity index (χ0v) is 13.4. The van der Waals surface area contributed by atoms with Crippen LogP contribution in [-0.2, 0) is 4.74 Å². The van der Waals surface area contributed by atoms with E-state index >= 15 is 0 Å². The molecule has 0 aliphatic carbocycles. The first-order chi connectivity index (χ1) is 10.1. The Morgan fingerprint density at radius 1 is 1.33 bits per heavy atom. The third-order valence-electron chi connectivity index (χ3n) is 4.48. The second-order valence-electron chi connectivity index (χ2n) is 5.97. The summed E-state index contributed by atoms with van der Waals surface area (Å²) in [4.78, 5) is 2.31. The van der Waals surface area contributed by atoms with Crippen LogP contribution in [0.1, 0.15) is 37.8 Å². The SMILES string of the molecule is COc1ccc(C(N)C(C)N(C)CC2CCCCO2)cc1. The van der Waals surface area contributed by atoms with Gasteiger partial charge < -0.3 is 15.2 Å². The third kappa shape index (κ3) is 4.43. The molecule has 3 atom stereocenters. The fourth-order valence-electron chi connectivity index (χ4n) is 2.82. The molecule has 1 aliphatic rings. The first kappa shape index (κ1) is 16.3. The van der Waals surface area contributed by atoms with E-state index in [4.69, 9.17) is 15.2 Å². The summed E-state index contributed by atoms with van der Waals surface area (Å²) in [5.74, 6) is 0.863. The number of likely N-dealkylation sites (N-methyl/N-ethyl adjacent to an activating group) is 1. The molecule has 1 fully saturated rings. The van der Waals surface area contributed by atoms with E-state index in [2.05, 4.69) is 18.9 Å². The molecule has 4 heteroatoms. The Morgan fingerprint density at radius 3 is 2.62 bits per heavy atom. The lowest BCUT2D eigenvalue weighted by atomic mass is 9.99. The molecule has 1 aliphatic heterocycles. The van der Waals surface area contributed by atoms with Crippen LogP contribution in [0, 0.1) is 0 Å². The smallest absolute Gasteiger partial charge is 0.118 e. The van der Waals surface area contributed by atoms with Crippen LogP contribution in [0.4, 0.5) is 0 Å². The maximum Gasteiger partial charge on any atom is 0.118 e. The lowest BCUT2D eigenvalue weighted by molar-refractivity contribution is -0.00867. The van der Waals surface area contributed by atoms with E-state index < -0.39 is 0 Å². The quantitative estimate of drug-likeness (QED) is 0.875. The molecule has 0 bridgehead atoms. The van der Waals surface area contributed by atoms with Gasteiger partial charge in [0.2, 0.25) is 0 Å². The van der Waals surface area contributed by atoms with Gasteiger partial charge in [0.05, 0.1) is 13.2 Å². The lowest BCUT2D eigenvalue weighted by Gasteiger charge is -2.34. The number of hydrogen-bond donors (Lipinski definition) is 1. The minimum atomic E-state index is -0.00973. The van der Waals surface area contributed by atoms with E-state index in [1.165, 1.54) is 12.8 Å². The van der Waals surface area contributed by atoms with Crippen LogP contribution in [0.2, 0.25) is 0 Å². The summed E-state index contributed by atoms with van der Waals surface area (Å²) >= 11 is 0. The van der Waals surface area contributed by atoms with Gasteiger partial charge in [0, 0.05) is 25.2 Å². The van der Waals surface area contributed by atoms with Gasteiger partial charge in [-0.15, -0.1) is 0 Å². The van der Waals surface area contributed by atoms with Gasteiger partial charge in [-0.1, -0.05) is 12.1 Å². The van der Waals surface area contributed by atoms with Crippen molar-refractivity contribution in [3.8, 4) is 5.75 Å². The Kier molecular flexibility index (Phi) is 6.03. The van der Waals surface area contributed by atoms with Gasteiger partial charge in [-0.05, 0) is 50.9 Å². The van der Waals surface area contributed by atoms with Crippen molar-refractivity contribution in [1.29, 1.82) is 0 Å². The Labute approximate surface area is 128 Å². The number of nitrogens with zero attached hydrogens (tertiary/aromatic N) is 1. The summed E-state index contributed by atoms with van der Waals surface area (Å²) in [6, 6.07) is 8.28. The van der Waals surface area contributed by atoms with E-state index in [1.807, 2.05) is 24.3 Å². The maximum atomic E-state index is 6.41. The van der Waals surface area contributed by atoms with Crippen LogP contribution in [0.3, 0.4) is 0 Å². The summed E-state index contributed by atoms with van der Waals surface area (Å²) in [5, 5.41) is 0. The first-order valence-electron chi connectivity index (χ1n) is 7.83. The summed E-state index contributed by atoms with van der Waals surface area (Å²) in [6.45, 7) is 4.03. The molecule has 21 heavy (non-hydrogen) atoms. The average Bonchev–Trinajstić information content (AvgIpc) is 2.54. The molecule has 0 amide bonds. The Balaban J connectivity index is 1.91. The van der Waals surface area contributed by atoms with Crippen LogP contribution in [0.25, 0.3) is 0 Å². The van der Waals surface area contributed by atoms with Crippen molar-refractivity contribution in [2.75, 3.05) is 27.3 Å². The minimum Gasteiger partial charge on any atom is -0.497 e. The van der Waals surface area contributed by atoms with Gasteiger partial charge in [-0.2, -0.15) is 0 Å². The number of benzene rings is 1. The monoisotopic (exact) mass is 292 g/mol. The number of nitrogens with two attached hydrogens (primary N) is 1. The van der Waals surface area contributed by atoms with Crippen molar-refractivity contribution in [3.63, 3.8) is 0 Å². The summed E-state index contributed by atoms with van der Waals surface area (Å²) < 4.78 is 11.0. The zero-order valence-electron chi connectivity index (χ0n) is 13.4. The van der Waals surface area contributed by atoms with Crippen molar-refractivity contribution < 1.29 is 9.47 Å². The topological polar surface area (TPSA) is 47.7 Å². The van der Waals surface area contributed by atoms with E-state index in [-0.39, 0.29) is 12.1 Å². The number of hydrogen-bond acceptors (Lipinski definition) is 4. The molecule has 1 heterocycles. The minimum absolute atomic E-state index is 0.00973. The lowest BCUT2D eigenvalue weighted by Crippen LogP contribution is -2.43. The molecule has 0 radical (unpaired) electrons. The highest BCUT2D eigenvalue weighted by Gasteiger charge is 2.23. The van der Waals surface area contributed by atoms with E-state index in [0.29, 0.717) is 6.10 Å². The van der Waals surface area contributed by atoms with Gasteiger partial charge in [0.25, 0.3) is 0 Å². The van der Waals surface area contributed by atoms with Crippen LogP contribution in [-0.4, -0.2) is 44.4 Å². The molecule has 2 N–H and O–H groups in total. The number of ether oxygens (including phenoxy) is 2. The molecular weight excluding hydrogens is 264 g/mol. The van der Waals surface area contributed by atoms with Gasteiger partial charge in [-0.25, -0.2) is 0 Å². The first-order valence-corrected chi connectivity index (χ1v) is 7.83. The van der Waals surface area contributed by atoms with Crippen molar-refractivity contribution in [3.05, 3.63) is 29.8 Å². The zero-order chi connectivity index (χ0) is 15.2. The fourth-order valence-corrected chi connectivity index (χ4v) is 2.82. The van der Waals surface area contributed by atoms with Crippen molar-refractivity contribution in [1.82, 2.24) is 4.90 Å². The highest BCUT2D eigenvalue weighted by molar-refractivity contribution is 5.29. The second kappa shape index (κ2) is 7.78. The van der Waals surface area contributed by atoms with E-state index in [0.717, 1.165) is 30.9 Å². The van der Waals surface area contributed by atoms with Crippen LogP contribution < -0.4 is 10.5 Å². The molecule has 0 aromatic heterocycles. The number of rotatable bonds is 6. The fraction of sp³-hybridized carbons (Fsp3) is 0.647. The van der Waals surface area contributed by atoms with Crippen LogP contribution in [0.15, 0.2) is 24.3 Å². The van der Waals surface area contributed by atoms with E-state index in [9.17, 15) is 0 Å². The van der Waals surface area contributed by atoms with Gasteiger partial charge >= 0.3 is 0 Å². The maximum absolute atomic E-state index is 6.41. The Bertz CT molecular complexity index is 415. The second-order valence-corrected chi connectivity index (χ2v) is 5.97. The normalized spacial score (nSPS) is 22.0. The average molecular weight is 292 g/mol. The molecule has 0 saturated carbocycles. The standard InChI is InChI=1S/C17H28N2O2/c1-13(19(2)12-16-6-4-5-11-21-16)17(18)14-7-9-15(20-3)10-8-14/h7-10,13,16-17H,4-6,11-12,18H2,1-3H3. The summed E-state index contributed by atoms with van der Waals surface area (Å²) in [7, 11) is 3.81. The summed E-state index contributed by atoms with van der Waals surface area (Å²) in [6.07, 6.45) is 3.99. The molecule has 118 valence electrons. The molecule has 3 unspecified atom stereocenters. The van der Waals surface area contributed by atoms with Crippen molar-refractivity contribution in [2.45, 2.75) is 44.4 Å². The molecule has 1 aromatic carbocycles. The van der Waals surface area contributed by atoms with E-state index in [1.54, 1.807) is 7.11 Å². The van der Waals surface area contributed by atoms with Gasteiger partial charge in [0.1, 0.15) is 5.75 Å². The van der Waals surface area contributed by atoms with Crippen LogP contribution in [0.5, 0.6) is 5.75 Å². The molecular formula is C17H28N2O2. The Hall–Kier alpha value is -1.10. The predicted molar refractivity (Wildman–Crippen MR) is 85.6 cm³/mol. The number of methoxy groups -OCH3 is 1. The van der Waals surface area contributed by atoms with Crippen molar-refractivity contribution >= 4 is 0 Å². The molecule has 0 spiro atoms. The molecule has 4 nitrogen and oxygen atoms in total. The van der Waals surface area contributed by atoms with Gasteiger partial charge in [-0.3, -0.25) is 4.90 Å². The Morgan fingerprint density at radius 2 is 2.05 bits per heavy atom.